The predicted molar refractivity (Wildman–Crippen MR) is 47.1 cm³/mol. The van der Waals surface area contributed by atoms with Crippen molar-refractivity contribution in [2.75, 3.05) is 13.1 Å². The minimum atomic E-state index is -0.0331. The summed E-state index contributed by atoms with van der Waals surface area (Å²) in [5.74, 6) is 0.445. The molecule has 1 saturated heterocycles. The lowest BCUT2D eigenvalue weighted by Gasteiger charge is -2.36. The number of imidazole rings is 1. The van der Waals surface area contributed by atoms with Gasteiger partial charge in [0.05, 0.1) is 0 Å². The molecule has 1 amide bonds. The number of carbonyl (C=O) groups excluding carboxylic acids is 1. The summed E-state index contributed by atoms with van der Waals surface area (Å²) in [6, 6.07) is 0.143. The van der Waals surface area contributed by atoms with E-state index in [4.69, 9.17) is 5.73 Å². The Kier molecular flexibility index (Phi) is 1.81. The van der Waals surface area contributed by atoms with Gasteiger partial charge in [-0.2, -0.15) is 0 Å². The summed E-state index contributed by atoms with van der Waals surface area (Å²) in [6.07, 6.45) is 3.37. The molecule has 2 rings (SSSR count). The van der Waals surface area contributed by atoms with Crippen LogP contribution in [-0.2, 0) is 7.05 Å². The Labute approximate surface area is 76.2 Å². The molecule has 0 atom stereocenters. The second kappa shape index (κ2) is 2.85. The quantitative estimate of drug-likeness (QED) is 0.615. The van der Waals surface area contributed by atoms with Crippen molar-refractivity contribution in [1.82, 2.24) is 14.5 Å². The molecule has 13 heavy (non-hydrogen) atoms. The molecule has 5 nitrogen and oxygen atoms in total. The number of hydrogen-bond donors (Lipinski definition) is 1. The SMILES string of the molecule is Cn1ccnc1C(=O)N1CC(N)C1. The minimum Gasteiger partial charge on any atom is -0.333 e. The molecule has 0 bridgehead atoms. The van der Waals surface area contributed by atoms with Gasteiger partial charge < -0.3 is 15.2 Å². The number of aryl methyl sites for hydroxylation is 1. The third-order valence-electron chi connectivity index (χ3n) is 2.21. The fourth-order valence-corrected chi connectivity index (χ4v) is 1.39. The van der Waals surface area contributed by atoms with E-state index < -0.39 is 0 Å². The maximum atomic E-state index is 11.6. The fraction of sp³-hybridized carbons (Fsp3) is 0.500. The summed E-state index contributed by atoms with van der Waals surface area (Å²) >= 11 is 0. The summed E-state index contributed by atoms with van der Waals surface area (Å²) < 4.78 is 1.71. The van der Waals surface area contributed by atoms with Gasteiger partial charge in [0.1, 0.15) is 0 Å². The van der Waals surface area contributed by atoms with Gasteiger partial charge in [-0.3, -0.25) is 4.79 Å². The van der Waals surface area contributed by atoms with Crippen LogP contribution in [0.15, 0.2) is 12.4 Å². The van der Waals surface area contributed by atoms with Crippen molar-refractivity contribution in [3.63, 3.8) is 0 Å². The Morgan fingerprint density at radius 3 is 2.85 bits per heavy atom. The third-order valence-corrected chi connectivity index (χ3v) is 2.21. The lowest BCUT2D eigenvalue weighted by atomic mass is 10.1. The first-order valence-corrected chi connectivity index (χ1v) is 4.20. The number of nitrogens with zero attached hydrogens (tertiary/aromatic N) is 3. The van der Waals surface area contributed by atoms with Crippen molar-refractivity contribution in [2.24, 2.45) is 12.8 Å². The van der Waals surface area contributed by atoms with Crippen LogP contribution >= 0.6 is 0 Å². The lowest BCUT2D eigenvalue weighted by molar-refractivity contribution is 0.0591. The highest BCUT2D eigenvalue weighted by Gasteiger charge is 2.30. The van der Waals surface area contributed by atoms with Crippen LogP contribution < -0.4 is 5.73 Å². The van der Waals surface area contributed by atoms with E-state index >= 15 is 0 Å². The average Bonchev–Trinajstić information content (AvgIpc) is 2.44. The molecular formula is C8H12N4O. The first kappa shape index (κ1) is 8.25. The van der Waals surface area contributed by atoms with E-state index in [1.807, 2.05) is 0 Å². The molecule has 1 aromatic heterocycles. The van der Waals surface area contributed by atoms with E-state index in [1.165, 1.54) is 0 Å². The normalized spacial score (nSPS) is 17.2. The second-order valence-electron chi connectivity index (χ2n) is 3.33. The van der Waals surface area contributed by atoms with Crippen LogP contribution in [-0.4, -0.2) is 39.5 Å². The van der Waals surface area contributed by atoms with Crippen LogP contribution in [0.4, 0.5) is 0 Å². The fourth-order valence-electron chi connectivity index (χ4n) is 1.39. The summed E-state index contributed by atoms with van der Waals surface area (Å²) in [5.41, 5.74) is 5.58. The van der Waals surface area contributed by atoms with E-state index in [0.717, 1.165) is 0 Å². The van der Waals surface area contributed by atoms with Crippen LogP contribution in [0.3, 0.4) is 0 Å². The number of likely N-dealkylation sites (tertiary alicyclic amines) is 1. The summed E-state index contributed by atoms with van der Waals surface area (Å²) in [4.78, 5) is 17.3. The number of hydrogen-bond acceptors (Lipinski definition) is 3. The zero-order valence-corrected chi connectivity index (χ0v) is 7.47. The van der Waals surface area contributed by atoms with Gasteiger partial charge in [-0.1, -0.05) is 0 Å². The standard InChI is InChI=1S/C8H12N4O/c1-11-3-2-10-7(11)8(13)12-4-6(9)5-12/h2-3,6H,4-5,9H2,1H3. The molecule has 0 radical (unpaired) electrons. The minimum absolute atomic E-state index is 0.0331. The Balaban J connectivity index is 2.10. The van der Waals surface area contributed by atoms with Gasteiger partial charge in [-0.15, -0.1) is 0 Å². The molecule has 70 valence electrons. The van der Waals surface area contributed by atoms with Gasteiger partial charge in [-0.05, 0) is 0 Å². The molecular weight excluding hydrogens is 168 g/mol. The Bertz CT molecular complexity index is 327. The first-order valence-electron chi connectivity index (χ1n) is 4.20. The maximum absolute atomic E-state index is 11.6. The predicted octanol–water partition coefficient (Wildman–Crippen LogP) is -0.797. The second-order valence-corrected chi connectivity index (χ2v) is 3.33. The lowest BCUT2D eigenvalue weighted by Crippen LogP contribution is -2.58. The summed E-state index contributed by atoms with van der Waals surface area (Å²) in [5, 5.41) is 0. The number of rotatable bonds is 1. The van der Waals surface area contributed by atoms with Gasteiger partial charge >= 0.3 is 0 Å². The van der Waals surface area contributed by atoms with Crippen LogP contribution in [0.2, 0.25) is 0 Å². The molecule has 0 spiro atoms. The Hall–Kier alpha value is -1.36. The molecule has 1 aliphatic rings. The van der Waals surface area contributed by atoms with Gasteiger partial charge in [-0.25, -0.2) is 4.98 Å². The number of aromatic nitrogens is 2. The molecule has 0 aromatic carbocycles. The van der Waals surface area contributed by atoms with Crippen molar-refractivity contribution in [2.45, 2.75) is 6.04 Å². The van der Waals surface area contributed by atoms with E-state index in [1.54, 1.807) is 28.9 Å². The number of amides is 1. The highest BCUT2D eigenvalue weighted by molar-refractivity contribution is 5.91. The van der Waals surface area contributed by atoms with Crippen molar-refractivity contribution in [3.05, 3.63) is 18.2 Å². The van der Waals surface area contributed by atoms with Gasteiger partial charge in [0.25, 0.3) is 5.91 Å². The summed E-state index contributed by atoms with van der Waals surface area (Å²) in [6.45, 7) is 1.29. The Morgan fingerprint density at radius 1 is 1.69 bits per heavy atom. The van der Waals surface area contributed by atoms with E-state index in [9.17, 15) is 4.79 Å². The van der Waals surface area contributed by atoms with Crippen molar-refractivity contribution >= 4 is 5.91 Å². The van der Waals surface area contributed by atoms with Crippen LogP contribution in [0, 0.1) is 0 Å². The Morgan fingerprint density at radius 2 is 2.38 bits per heavy atom. The molecule has 2 heterocycles. The molecule has 1 aromatic rings. The monoisotopic (exact) mass is 180 g/mol. The number of nitrogens with two attached hydrogens (primary N) is 1. The van der Waals surface area contributed by atoms with Gasteiger partial charge in [0.15, 0.2) is 5.82 Å². The largest absolute Gasteiger partial charge is 0.333 e. The molecule has 1 aliphatic heterocycles. The molecule has 5 heteroatoms. The topological polar surface area (TPSA) is 64.2 Å². The maximum Gasteiger partial charge on any atom is 0.289 e. The highest BCUT2D eigenvalue weighted by Crippen LogP contribution is 2.09. The van der Waals surface area contributed by atoms with Crippen molar-refractivity contribution in [3.8, 4) is 0 Å². The van der Waals surface area contributed by atoms with Crippen LogP contribution in [0.1, 0.15) is 10.6 Å². The van der Waals surface area contributed by atoms with E-state index in [-0.39, 0.29) is 11.9 Å². The number of carbonyl (C=O) groups is 1. The van der Waals surface area contributed by atoms with Crippen molar-refractivity contribution in [1.29, 1.82) is 0 Å². The average molecular weight is 180 g/mol. The molecule has 0 saturated carbocycles. The molecule has 2 N–H and O–H groups in total. The zero-order valence-electron chi connectivity index (χ0n) is 7.47. The zero-order chi connectivity index (χ0) is 9.42. The van der Waals surface area contributed by atoms with E-state index in [2.05, 4.69) is 4.98 Å². The molecule has 1 fully saturated rings. The third kappa shape index (κ3) is 1.31. The summed E-state index contributed by atoms with van der Waals surface area (Å²) in [7, 11) is 1.81. The molecule has 0 aliphatic carbocycles. The van der Waals surface area contributed by atoms with Crippen LogP contribution in [0.5, 0.6) is 0 Å². The van der Waals surface area contributed by atoms with E-state index in [0.29, 0.717) is 18.9 Å². The first-order chi connectivity index (χ1) is 6.18. The molecule has 0 unspecified atom stereocenters. The van der Waals surface area contributed by atoms with Crippen LogP contribution in [0.25, 0.3) is 0 Å². The van der Waals surface area contributed by atoms with Gasteiger partial charge in [0, 0.05) is 38.6 Å². The highest BCUT2D eigenvalue weighted by atomic mass is 16.2. The van der Waals surface area contributed by atoms with Crippen molar-refractivity contribution < 1.29 is 4.79 Å². The van der Waals surface area contributed by atoms with Gasteiger partial charge in [0.2, 0.25) is 0 Å². The smallest absolute Gasteiger partial charge is 0.289 e.